The van der Waals surface area contributed by atoms with Gasteiger partial charge in [0.1, 0.15) is 11.6 Å². The fourth-order valence-electron chi connectivity index (χ4n) is 1.75. The number of rotatable bonds is 4. The number of anilines is 2. The Morgan fingerprint density at radius 3 is 2.79 bits per heavy atom. The number of hydrogen-bond donors (Lipinski definition) is 3. The largest absolute Gasteiger partial charge is 0.384 e. The normalized spacial score (nSPS) is 10.4. The molecule has 0 fully saturated rings. The molecule has 1 amide bonds. The number of aromatic nitrogens is 2. The van der Waals surface area contributed by atoms with E-state index in [9.17, 15) is 4.79 Å². The first-order chi connectivity index (χ1) is 8.99. The van der Waals surface area contributed by atoms with E-state index >= 15 is 0 Å². The molecule has 7 nitrogen and oxygen atoms in total. The summed E-state index contributed by atoms with van der Waals surface area (Å²) >= 11 is 0. The first-order valence-corrected chi connectivity index (χ1v) is 5.70. The number of primary amides is 1. The molecule has 0 aliphatic heterocycles. The number of amides is 1. The molecule has 2 rings (SSSR count). The van der Waals surface area contributed by atoms with Crippen LogP contribution in [0, 0.1) is 13.8 Å². The maximum Gasteiger partial charge on any atom is 0.250 e. The summed E-state index contributed by atoms with van der Waals surface area (Å²) in [5, 5.41) is 6.94. The van der Waals surface area contributed by atoms with Crippen molar-refractivity contribution in [1.29, 1.82) is 0 Å². The molecule has 0 saturated heterocycles. The van der Waals surface area contributed by atoms with Gasteiger partial charge in [-0.3, -0.25) is 4.79 Å². The van der Waals surface area contributed by atoms with E-state index in [1.54, 1.807) is 0 Å². The highest BCUT2D eigenvalue weighted by atomic mass is 16.5. The second kappa shape index (κ2) is 4.97. The van der Waals surface area contributed by atoms with Crippen molar-refractivity contribution >= 4 is 17.4 Å². The van der Waals surface area contributed by atoms with Gasteiger partial charge in [-0.2, -0.15) is 0 Å². The monoisotopic (exact) mass is 261 g/mol. The zero-order valence-corrected chi connectivity index (χ0v) is 10.7. The Labute approximate surface area is 110 Å². The van der Waals surface area contributed by atoms with Crippen LogP contribution in [0.5, 0.6) is 0 Å². The van der Waals surface area contributed by atoms with Gasteiger partial charge in [-0.15, -0.1) is 0 Å². The number of nitrogen functional groups attached to an aromatic ring is 1. The van der Waals surface area contributed by atoms with Crippen molar-refractivity contribution < 1.29 is 9.32 Å². The van der Waals surface area contributed by atoms with Crippen LogP contribution in [-0.4, -0.2) is 16.0 Å². The van der Waals surface area contributed by atoms with E-state index in [2.05, 4.69) is 15.5 Å². The molecule has 0 saturated carbocycles. The van der Waals surface area contributed by atoms with Gasteiger partial charge in [0.05, 0.1) is 23.1 Å². The molecule has 2 aromatic heterocycles. The summed E-state index contributed by atoms with van der Waals surface area (Å²) < 4.78 is 5.06. The summed E-state index contributed by atoms with van der Waals surface area (Å²) in [5.74, 6) is 0.418. The molecule has 0 aliphatic carbocycles. The molecular formula is C12H15N5O2. The van der Waals surface area contributed by atoms with E-state index in [1.165, 1.54) is 12.3 Å². The predicted molar refractivity (Wildman–Crippen MR) is 70.5 cm³/mol. The highest BCUT2D eigenvalue weighted by molar-refractivity contribution is 5.98. The predicted octanol–water partition coefficient (Wildman–Crippen LogP) is 0.980. The van der Waals surface area contributed by atoms with Crippen LogP contribution in [0.15, 0.2) is 16.8 Å². The number of aryl methyl sites for hydroxylation is 2. The minimum Gasteiger partial charge on any atom is -0.384 e. The molecule has 0 spiro atoms. The lowest BCUT2D eigenvalue weighted by Gasteiger charge is -2.09. The number of carbonyl (C=O) groups is 1. The number of pyridine rings is 1. The average Bonchev–Trinajstić information content (AvgIpc) is 2.68. The third-order valence-corrected chi connectivity index (χ3v) is 2.83. The summed E-state index contributed by atoms with van der Waals surface area (Å²) in [6.45, 7) is 4.14. The highest BCUT2D eigenvalue weighted by Crippen LogP contribution is 2.19. The van der Waals surface area contributed by atoms with Gasteiger partial charge < -0.3 is 21.3 Å². The van der Waals surface area contributed by atoms with E-state index in [0.29, 0.717) is 17.8 Å². The van der Waals surface area contributed by atoms with Crippen LogP contribution in [-0.2, 0) is 6.54 Å². The fraction of sp³-hybridized carbons (Fsp3) is 0.250. The van der Waals surface area contributed by atoms with Crippen LogP contribution < -0.4 is 16.8 Å². The molecule has 5 N–H and O–H groups in total. The molecule has 0 radical (unpaired) electrons. The summed E-state index contributed by atoms with van der Waals surface area (Å²) in [6.07, 6.45) is 1.48. The fourth-order valence-corrected chi connectivity index (χ4v) is 1.75. The van der Waals surface area contributed by atoms with Gasteiger partial charge in [-0.1, -0.05) is 5.16 Å². The molecule has 0 aromatic carbocycles. The summed E-state index contributed by atoms with van der Waals surface area (Å²) in [6, 6.07) is 1.44. The minimum atomic E-state index is -0.560. The number of nitrogens with one attached hydrogen (secondary N) is 1. The van der Waals surface area contributed by atoms with Gasteiger partial charge in [0.25, 0.3) is 5.91 Å². The number of hydrogen-bond acceptors (Lipinski definition) is 6. The molecule has 2 aromatic rings. The summed E-state index contributed by atoms with van der Waals surface area (Å²) in [4.78, 5) is 15.3. The molecular weight excluding hydrogens is 246 g/mol. The summed E-state index contributed by atoms with van der Waals surface area (Å²) in [5.41, 5.74) is 13.4. The van der Waals surface area contributed by atoms with Crippen molar-refractivity contribution in [2.24, 2.45) is 5.73 Å². The van der Waals surface area contributed by atoms with Crippen LogP contribution in [0.3, 0.4) is 0 Å². The quantitative estimate of drug-likeness (QED) is 0.754. The molecule has 0 atom stereocenters. The minimum absolute atomic E-state index is 0.247. The Hall–Kier alpha value is -2.57. The highest BCUT2D eigenvalue weighted by Gasteiger charge is 2.12. The van der Waals surface area contributed by atoms with Crippen molar-refractivity contribution in [3.8, 4) is 0 Å². The van der Waals surface area contributed by atoms with Gasteiger partial charge in [-0.05, 0) is 19.9 Å². The lowest BCUT2D eigenvalue weighted by molar-refractivity contribution is 0.100. The SMILES string of the molecule is Cc1noc(C)c1CNc1cnc(N)cc1C(N)=O. The van der Waals surface area contributed by atoms with E-state index in [0.717, 1.165) is 17.0 Å². The van der Waals surface area contributed by atoms with Crippen molar-refractivity contribution in [3.05, 3.63) is 34.8 Å². The van der Waals surface area contributed by atoms with E-state index < -0.39 is 5.91 Å². The molecule has 0 aliphatic rings. The van der Waals surface area contributed by atoms with Crippen molar-refractivity contribution in [2.75, 3.05) is 11.1 Å². The summed E-state index contributed by atoms with van der Waals surface area (Å²) in [7, 11) is 0. The van der Waals surface area contributed by atoms with Gasteiger partial charge in [-0.25, -0.2) is 4.98 Å². The van der Waals surface area contributed by atoms with Crippen molar-refractivity contribution in [1.82, 2.24) is 10.1 Å². The number of nitrogens with zero attached hydrogens (tertiary/aromatic N) is 2. The Balaban J connectivity index is 2.23. The molecule has 0 unspecified atom stereocenters. The Kier molecular flexibility index (Phi) is 3.37. The maximum atomic E-state index is 11.3. The van der Waals surface area contributed by atoms with Gasteiger partial charge >= 0.3 is 0 Å². The van der Waals surface area contributed by atoms with Gasteiger partial charge in [0.2, 0.25) is 0 Å². The van der Waals surface area contributed by atoms with Crippen molar-refractivity contribution in [3.63, 3.8) is 0 Å². The van der Waals surface area contributed by atoms with Crippen LogP contribution in [0.4, 0.5) is 11.5 Å². The number of nitrogens with two attached hydrogens (primary N) is 2. The zero-order chi connectivity index (χ0) is 14.0. The average molecular weight is 261 g/mol. The van der Waals surface area contributed by atoms with E-state index in [4.69, 9.17) is 16.0 Å². The smallest absolute Gasteiger partial charge is 0.250 e. The lowest BCUT2D eigenvalue weighted by atomic mass is 10.1. The lowest BCUT2D eigenvalue weighted by Crippen LogP contribution is -2.15. The van der Waals surface area contributed by atoms with Gasteiger partial charge in [0.15, 0.2) is 0 Å². The molecule has 0 bridgehead atoms. The van der Waals surface area contributed by atoms with Crippen molar-refractivity contribution in [2.45, 2.75) is 20.4 Å². The Morgan fingerprint density at radius 2 is 2.21 bits per heavy atom. The molecule has 19 heavy (non-hydrogen) atoms. The Morgan fingerprint density at radius 1 is 1.47 bits per heavy atom. The second-order valence-electron chi connectivity index (χ2n) is 4.18. The van der Waals surface area contributed by atoms with E-state index in [1.807, 2.05) is 13.8 Å². The van der Waals surface area contributed by atoms with Gasteiger partial charge in [0, 0.05) is 12.1 Å². The maximum absolute atomic E-state index is 11.3. The van der Waals surface area contributed by atoms with Crippen LogP contribution in [0.2, 0.25) is 0 Å². The van der Waals surface area contributed by atoms with Crippen LogP contribution in [0.1, 0.15) is 27.4 Å². The third-order valence-electron chi connectivity index (χ3n) is 2.83. The zero-order valence-electron chi connectivity index (χ0n) is 10.7. The Bertz CT molecular complexity index is 601. The topological polar surface area (TPSA) is 120 Å². The standard InChI is InChI=1S/C12H15N5O2/c1-6-9(7(2)19-17-6)4-15-10-5-16-11(13)3-8(10)12(14)18/h3,5,15H,4H2,1-2H3,(H2,13,16)(H2,14,18). The first-order valence-electron chi connectivity index (χ1n) is 5.70. The second-order valence-corrected chi connectivity index (χ2v) is 4.18. The first kappa shape index (κ1) is 12.9. The molecule has 100 valence electrons. The van der Waals surface area contributed by atoms with Crippen LogP contribution in [0.25, 0.3) is 0 Å². The third kappa shape index (κ3) is 2.65. The van der Waals surface area contributed by atoms with E-state index in [-0.39, 0.29) is 5.82 Å². The van der Waals surface area contributed by atoms with Crippen LogP contribution >= 0.6 is 0 Å². The molecule has 2 heterocycles. The molecule has 7 heteroatoms. The number of carbonyl (C=O) groups excluding carboxylic acids is 1.